The third-order valence-corrected chi connectivity index (χ3v) is 3.67. The third kappa shape index (κ3) is 2.88. The molecule has 0 aliphatic heterocycles. The van der Waals surface area contributed by atoms with Crippen LogP contribution in [-0.4, -0.2) is 17.2 Å². The summed E-state index contributed by atoms with van der Waals surface area (Å²) in [5.74, 6) is 0.332. The molecule has 0 unspecified atom stereocenters. The molecule has 0 amide bonds. The van der Waals surface area contributed by atoms with Gasteiger partial charge in [-0.3, -0.25) is 0 Å². The van der Waals surface area contributed by atoms with Crippen LogP contribution in [0.15, 0.2) is 24.3 Å². The minimum absolute atomic E-state index is 0.289. The fourth-order valence-corrected chi connectivity index (χ4v) is 2.56. The van der Waals surface area contributed by atoms with E-state index in [2.05, 4.69) is 17.1 Å². The fraction of sp³-hybridized carbons (Fsp3) is 0.375. The first kappa shape index (κ1) is 15.4. The van der Waals surface area contributed by atoms with Gasteiger partial charge in [0.1, 0.15) is 5.82 Å². The Morgan fingerprint density at radius 1 is 1.10 bits per heavy atom. The molecule has 1 aromatic heterocycles. The summed E-state index contributed by atoms with van der Waals surface area (Å²) in [4.78, 5) is 1.71. The molecule has 0 aliphatic rings. The molecule has 4 nitrogen and oxygen atoms in total. The minimum Gasteiger partial charge on any atom is -0.326 e. The summed E-state index contributed by atoms with van der Waals surface area (Å²) in [7, 11) is 1.78. The van der Waals surface area contributed by atoms with E-state index in [-0.39, 0.29) is 5.82 Å². The van der Waals surface area contributed by atoms with Crippen molar-refractivity contribution in [1.82, 2.24) is 10.2 Å². The van der Waals surface area contributed by atoms with Gasteiger partial charge in [0.05, 0.1) is 11.4 Å². The number of aromatic nitrogens is 2. The molecule has 1 heterocycles. The normalized spacial score (nSPS) is 10.7. The average molecular weight is 288 g/mol. The second kappa shape index (κ2) is 6.63. The zero-order valence-corrected chi connectivity index (χ0v) is 12.7. The van der Waals surface area contributed by atoms with Crippen LogP contribution in [0.3, 0.4) is 0 Å². The van der Waals surface area contributed by atoms with Crippen LogP contribution < -0.4 is 10.6 Å². The van der Waals surface area contributed by atoms with E-state index in [9.17, 15) is 4.39 Å². The van der Waals surface area contributed by atoms with Gasteiger partial charge in [-0.05, 0) is 30.5 Å². The Morgan fingerprint density at radius 2 is 1.81 bits per heavy atom. The Labute approximate surface area is 124 Å². The van der Waals surface area contributed by atoms with Crippen LogP contribution in [0, 0.1) is 5.82 Å². The zero-order valence-electron chi connectivity index (χ0n) is 12.7. The molecule has 0 bridgehead atoms. The largest absolute Gasteiger partial charge is 0.326 e. The summed E-state index contributed by atoms with van der Waals surface area (Å²) in [5, 5.41) is 8.56. The highest BCUT2D eigenvalue weighted by Gasteiger charge is 2.18. The first-order chi connectivity index (χ1) is 10.1. The molecular formula is C16H21FN4. The number of rotatable bonds is 5. The maximum Gasteiger partial charge on any atom is 0.160 e. The van der Waals surface area contributed by atoms with Crippen molar-refractivity contribution in [1.29, 1.82) is 0 Å². The molecule has 21 heavy (non-hydrogen) atoms. The van der Waals surface area contributed by atoms with Gasteiger partial charge in [-0.1, -0.05) is 26.0 Å². The summed E-state index contributed by atoms with van der Waals surface area (Å²) in [6.07, 6.45) is 1.65. The number of nitrogens with two attached hydrogens (primary N) is 1. The summed E-state index contributed by atoms with van der Waals surface area (Å²) >= 11 is 0. The SMILES string of the molecule is CCc1nnc(N(C)c2ccccc2F)c(CN)c1CC. The number of nitrogens with zero attached hydrogens (tertiary/aromatic N) is 3. The first-order valence-electron chi connectivity index (χ1n) is 7.19. The topological polar surface area (TPSA) is 55.0 Å². The van der Waals surface area contributed by atoms with Gasteiger partial charge < -0.3 is 10.6 Å². The van der Waals surface area contributed by atoms with Gasteiger partial charge in [-0.15, -0.1) is 5.10 Å². The molecule has 0 saturated carbocycles. The molecule has 0 aliphatic carbocycles. The van der Waals surface area contributed by atoms with E-state index in [1.165, 1.54) is 6.07 Å². The van der Waals surface area contributed by atoms with Gasteiger partial charge in [0.15, 0.2) is 5.82 Å². The molecule has 2 aromatic rings. The van der Waals surface area contributed by atoms with Gasteiger partial charge in [0.25, 0.3) is 0 Å². The van der Waals surface area contributed by atoms with E-state index in [4.69, 9.17) is 5.73 Å². The second-order valence-electron chi connectivity index (χ2n) is 4.85. The second-order valence-corrected chi connectivity index (χ2v) is 4.85. The smallest absolute Gasteiger partial charge is 0.160 e. The Kier molecular flexibility index (Phi) is 4.85. The number of para-hydroxylation sites is 1. The van der Waals surface area contributed by atoms with E-state index in [1.807, 2.05) is 6.92 Å². The van der Waals surface area contributed by atoms with Crippen molar-refractivity contribution in [3.05, 3.63) is 46.9 Å². The molecule has 1 aromatic carbocycles. The highest BCUT2D eigenvalue weighted by atomic mass is 19.1. The maximum absolute atomic E-state index is 14.0. The Balaban J connectivity index is 2.56. The van der Waals surface area contributed by atoms with Gasteiger partial charge in [0, 0.05) is 19.2 Å². The van der Waals surface area contributed by atoms with Crippen molar-refractivity contribution in [2.24, 2.45) is 5.73 Å². The van der Waals surface area contributed by atoms with Crippen molar-refractivity contribution in [2.45, 2.75) is 33.2 Å². The molecule has 0 radical (unpaired) electrons. The van der Waals surface area contributed by atoms with E-state index in [1.54, 1.807) is 30.1 Å². The van der Waals surface area contributed by atoms with Crippen molar-refractivity contribution in [3.63, 3.8) is 0 Å². The van der Waals surface area contributed by atoms with Crippen LogP contribution in [0.5, 0.6) is 0 Å². The number of benzene rings is 1. The third-order valence-electron chi connectivity index (χ3n) is 3.67. The molecule has 0 saturated heterocycles. The van der Waals surface area contributed by atoms with E-state index < -0.39 is 0 Å². The van der Waals surface area contributed by atoms with E-state index in [0.717, 1.165) is 29.7 Å². The van der Waals surface area contributed by atoms with Gasteiger partial charge >= 0.3 is 0 Å². The molecule has 2 rings (SSSR count). The predicted molar refractivity (Wildman–Crippen MR) is 83.1 cm³/mol. The Morgan fingerprint density at radius 3 is 2.38 bits per heavy atom. The molecule has 0 spiro atoms. The Bertz CT molecular complexity index is 628. The summed E-state index contributed by atoms with van der Waals surface area (Å²) in [6.45, 7) is 4.48. The van der Waals surface area contributed by atoms with Crippen LogP contribution in [0.25, 0.3) is 0 Å². The summed E-state index contributed by atoms with van der Waals surface area (Å²) in [5.41, 5.74) is 9.40. The summed E-state index contributed by atoms with van der Waals surface area (Å²) < 4.78 is 14.0. The van der Waals surface area contributed by atoms with Gasteiger partial charge in [-0.2, -0.15) is 5.10 Å². The standard InChI is InChI=1S/C16H21FN4/c1-4-11-12(10-18)16(20-19-14(11)5-2)21(3)15-9-7-6-8-13(15)17/h6-9H,4-5,10,18H2,1-3H3. The number of anilines is 2. The lowest BCUT2D eigenvalue weighted by Crippen LogP contribution is -2.20. The molecule has 2 N–H and O–H groups in total. The van der Waals surface area contributed by atoms with Crippen LogP contribution in [-0.2, 0) is 19.4 Å². The van der Waals surface area contributed by atoms with Crippen molar-refractivity contribution in [2.75, 3.05) is 11.9 Å². The minimum atomic E-state index is -0.289. The van der Waals surface area contributed by atoms with Crippen LogP contribution in [0.4, 0.5) is 15.9 Å². The quantitative estimate of drug-likeness (QED) is 0.919. The lowest BCUT2D eigenvalue weighted by Gasteiger charge is -2.23. The Hall–Kier alpha value is -2.01. The number of hydrogen-bond acceptors (Lipinski definition) is 4. The number of aryl methyl sites for hydroxylation is 1. The lowest BCUT2D eigenvalue weighted by molar-refractivity contribution is 0.626. The molecule has 0 fully saturated rings. The highest BCUT2D eigenvalue weighted by Crippen LogP contribution is 2.29. The molecule has 112 valence electrons. The highest BCUT2D eigenvalue weighted by molar-refractivity contribution is 5.63. The fourth-order valence-electron chi connectivity index (χ4n) is 2.56. The molecular weight excluding hydrogens is 267 g/mol. The predicted octanol–water partition coefficient (Wildman–Crippen LogP) is 2.97. The average Bonchev–Trinajstić information content (AvgIpc) is 2.52. The number of halogens is 1. The monoisotopic (exact) mass is 288 g/mol. The molecule has 5 heteroatoms. The zero-order chi connectivity index (χ0) is 15.4. The van der Waals surface area contributed by atoms with Crippen molar-refractivity contribution >= 4 is 11.5 Å². The van der Waals surface area contributed by atoms with Gasteiger partial charge in [0.2, 0.25) is 0 Å². The van der Waals surface area contributed by atoms with E-state index >= 15 is 0 Å². The van der Waals surface area contributed by atoms with E-state index in [0.29, 0.717) is 18.1 Å². The van der Waals surface area contributed by atoms with Crippen molar-refractivity contribution in [3.8, 4) is 0 Å². The lowest BCUT2D eigenvalue weighted by atomic mass is 10.0. The maximum atomic E-state index is 14.0. The van der Waals surface area contributed by atoms with Crippen LogP contribution in [0.1, 0.15) is 30.7 Å². The van der Waals surface area contributed by atoms with Gasteiger partial charge in [-0.25, -0.2) is 4.39 Å². The van der Waals surface area contributed by atoms with Crippen molar-refractivity contribution < 1.29 is 4.39 Å². The summed E-state index contributed by atoms with van der Waals surface area (Å²) in [6, 6.07) is 6.62. The molecule has 0 atom stereocenters. The number of hydrogen-bond donors (Lipinski definition) is 1. The van der Waals surface area contributed by atoms with Crippen LogP contribution >= 0.6 is 0 Å². The van der Waals surface area contributed by atoms with Crippen LogP contribution in [0.2, 0.25) is 0 Å². The first-order valence-corrected chi connectivity index (χ1v) is 7.19.